The average Bonchev–Trinajstić information content (AvgIpc) is 2.60. The molecule has 2 aromatic rings. The SMILES string of the molecule is CCC(Oc1ccc(N)cc1)C(=O)c1ccc2c(c1)OCCO2. The van der Waals surface area contributed by atoms with Crippen LogP contribution in [-0.2, 0) is 0 Å². The third-order valence-corrected chi connectivity index (χ3v) is 3.65. The molecule has 1 aliphatic rings. The van der Waals surface area contributed by atoms with Gasteiger partial charge in [-0.15, -0.1) is 0 Å². The van der Waals surface area contributed by atoms with Crippen LogP contribution in [0.4, 0.5) is 5.69 Å². The molecule has 1 aliphatic heterocycles. The van der Waals surface area contributed by atoms with Crippen molar-refractivity contribution in [1.82, 2.24) is 0 Å². The summed E-state index contributed by atoms with van der Waals surface area (Å²) in [5.41, 5.74) is 6.87. The maximum atomic E-state index is 12.7. The van der Waals surface area contributed by atoms with Gasteiger partial charge in [-0.2, -0.15) is 0 Å². The molecule has 2 N–H and O–H groups in total. The second kappa shape index (κ2) is 6.60. The second-order valence-electron chi connectivity index (χ2n) is 5.31. The molecule has 0 saturated carbocycles. The maximum Gasteiger partial charge on any atom is 0.203 e. The van der Waals surface area contributed by atoms with E-state index >= 15 is 0 Å². The van der Waals surface area contributed by atoms with Gasteiger partial charge in [-0.25, -0.2) is 0 Å². The summed E-state index contributed by atoms with van der Waals surface area (Å²) in [6.07, 6.45) is 0.0127. The Bertz CT molecular complexity index is 697. The Labute approximate surface area is 135 Å². The van der Waals surface area contributed by atoms with Crippen LogP contribution in [0.1, 0.15) is 23.7 Å². The van der Waals surface area contributed by atoms with Crippen molar-refractivity contribution in [3.63, 3.8) is 0 Å². The standard InChI is InChI=1S/C18H19NO4/c1-2-15(23-14-6-4-13(19)5-7-14)18(20)12-3-8-16-17(11-12)22-10-9-21-16/h3-8,11,15H,2,9-10,19H2,1H3. The molecule has 0 spiro atoms. The topological polar surface area (TPSA) is 70.8 Å². The van der Waals surface area contributed by atoms with Gasteiger partial charge in [0.1, 0.15) is 19.0 Å². The van der Waals surface area contributed by atoms with Crippen molar-refractivity contribution in [2.75, 3.05) is 18.9 Å². The minimum atomic E-state index is -0.554. The highest BCUT2D eigenvalue weighted by atomic mass is 16.6. The summed E-state index contributed by atoms with van der Waals surface area (Å²) in [7, 11) is 0. The van der Waals surface area contributed by atoms with Crippen molar-refractivity contribution in [2.24, 2.45) is 0 Å². The van der Waals surface area contributed by atoms with Crippen molar-refractivity contribution in [2.45, 2.75) is 19.4 Å². The Morgan fingerprint density at radius 3 is 2.52 bits per heavy atom. The second-order valence-corrected chi connectivity index (χ2v) is 5.31. The molecule has 23 heavy (non-hydrogen) atoms. The van der Waals surface area contributed by atoms with E-state index in [4.69, 9.17) is 19.9 Å². The first kappa shape index (κ1) is 15.2. The Balaban J connectivity index is 1.78. The Hall–Kier alpha value is -2.69. The Kier molecular flexibility index (Phi) is 4.37. The number of carbonyl (C=O) groups excluding carboxylic acids is 1. The molecule has 1 atom stereocenters. The average molecular weight is 313 g/mol. The summed E-state index contributed by atoms with van der Waals surface area (Å²) in [6.45, 7) is 2.93. The Morgan fingerprint density at radius 2 is 1.83 bits per heavy atom. The first-order valence-corrected chi connectivity index (χ1v) is 7.63. The number of ether oxygens (including phenoxy) is 3. The number of rotatable bonds is 5. The molecular formula is C18H19NO4. The number of hydrogen-bond acceptors (Lipinski definition) is 5. The van der Waals surface area contributed by atoms with E-state index in [-0.39, 0.29) is 5.78 Å². The summed E-state index contributed by atoms with van der Waals surface area (Å²) < 4.78 is 16.8. The van der Waals surface area contributed by atoms with Crippen LogP contribution in [0.2, 0.25) is 0 Å². The molecular weight excluding hydrogens is 294 g/mol. The van der Waals surface area contributed by atoms with Gasteiger partial charge in [0, 0.05) is 11.3 Å². The minimum absolute atomic E-state index is 0.0821. The quantitative estimate of drug-likeness (QED) is 0.678. The highest BCUT2D eigenvalue weighted by molar-refractivity contribution is 6.00. The molecule has 0 aromatic heterocycles. The maximum absolute atomic E-state index is 12.7. The molecule has 0 radical (unpaired) electrons. The van der Waals surface area contributed by atoms with Crippen LogP contribution in [0.3, 0.4) is 0 Å². The summed E-state index contributed by atoms with van der Waals surface area (Å²) >= 11 is 0. The summed E-state index contributed by atoms with van der Waals surface area (Å²) in [6, 6.07) is 12.2. The number of benzene rings is 2. The molecule has 0 fully saturated rings. The summed E-state index contributed by atoms with van der Waals surface area (Å²) in [4.78, 5) is 12.7. The van der Waals surface area contributed by atoms with Crippen molar-refractivity contribution < 1.29 is 19.0 Å². The van der Waals surface area contributed by atoms with Crippen molar-refractivity contribution in [3.8, 4) is 17.2 Å². The zero-order valence-corrected chi connectivity index (χ0v) is 13.0. The van der Waals surface area contributed by atoms with Crippen LogP contribution < -0.4 is 19.9 Å². The monoisotopic (exact) mass is 313 g/mol. The molecule has 0 saturated heterocycles. The number of nitrogen functional groups attached to an aromatic ring is 1. The molecule has 0 bridgehead atoms. The van der Waals surface area contributed by atoms with Gasteiger partial charge >= 0.3 is 0 Å². The Morgan fingerprint density at radius 1 is 1.13 bits per heavy atom. The number of carbonyl (C=O) groups is 1. The summed E-state index contributed by atoms with van der Waals surface area (Å²) in [5, 5.41) is 0. The van der Waals surface area contributed by atoms with Crippen LogP contribution in [0.15, 0.2) is 42.5 Å². The van der Waals surface area contributed by atoms with Gasteiger partial charge in [-0.05, 0) is 48.9 Å². The third kappa shape index (κ3) is 3.39. The van der Waals surface area contributed by atoms with Crippen LogP contribution in [0, 0.1) is 0 Å². The molecule has 1 unspecified atom stereocenters. The lowest BCUT2D eigenvalue weighted by Gasteiger charge is -2.20. The normalized spacial score (nSPS) is 14.1. The molecule has 3 rings (SSSR count). The van der Waals surface area contributed by atoms with Gasteiger partial charge < -0.3 is 19.9 Å². The number of hydrogen-bond donors (Lipinski definition) is 1. The van der Waals surface area contributed by atoms with E-state index in [1.807, 2.05) is 6.92 Å². The first-order valence-electron chi connectivity index (χ1n) is 7.63. The fourth-order valence-corrected chi connectivity index (χ4v) is 2.42. The number of nitrogens with two attached hydrogens (primary N) is 1. The highest BCUT2D eigenvalue weighted by Gasteiger charge is 2.22. The lowest BCUT2D eigenvalue weighted by atomic mass is 10.0. The van der Waals surface area contributed by atoms with Crippen molar-refractivity contribution in [3.05, 3.63) is 48.0 Å². The molecule has 1 heterocycles. The van der Waals surface area contributed by atoms with Gasteiger partial charge in [0.25, 0.3) is 0 Å². The summed E-state index contributed by atoms with van der Waals surface area (Å²) in [5.74, 6) is 1.81. The zero-order valence-electron chi connectivity index (χ0n) is 13.0. The van der Waals surface area contributed by atoms with E-state index in [1.54, 1.807) is 42.5 Å². The van der Waals surface area contributed by atoms with E-state index in [0.717, 1.165) is 0 Å². The van der Waals surface area contributed by atoms with Gasteiger partial charge in [0.15, 0.2) is 17.6 Å². The lowest BCUT2D eigenvalue weighted by Crippen LogP contribution is -2.27. The molecule has 5 nitrogen and oxygen atoms in total. The van der Waals surface area contributed by atoms with Crippen LogP contribution >= 0.6 is 0 Å². The van der Waals surface area contributed by atoms with Crippen molar-refractivity contribution >= 4 is 11.5 Å². The van der Waals surface area contributed by atoms with Gasteiger partial charge in [-0.1, -0.05) is 6.92 Å². The number of fused-ring (bicyclic) bond motifs is 1. The smallest absolute Gasteiger partial charge is 0.203 e. The molecule has 5 heteroatoms. The van der Waals surface area contributed by atoms with E-state index < -0.39 is 6.10 Å². The van der Waals surface area contributed by atoms with E-state index in [9.17, 15) is 4.79 Å². The highest BCUT2D eigenvalue weighted by Crippen LogP contribution is 2.31. The predicted octanol–water partition coefficient (Wildman–Crippen LogP) is 3.08. The number of ketones is 1. The number of Topliss-reactive ketones (excluding diaryl/α,β-unsaturated/α-hetero) is 1. The van der Waals surface area contributed by atoms with Gasteiger partial charge in [0.2, 0.25) is 5.78 Å². The predicted molar refractivity (Wildman–Crippen MR) is 87.3 cm³/mol. The van der Waals surface area contributed by atoms with Crippen LogP contribution in [0.25, 0.3) is 0 Å². The fraction of sp³-hybridized carbons (Fsp3) is 0.278. The van der Waals surface area contributed by atoms with Crippen LogP contribution in [0.5, 0.6) is 17.2 Å². The first-order chi connectivity index (χ1) is 11.2. The lowest BCUT2D eigenvalue weighted by molar-refractivity contribution is 0.0785. The largest absolute Gasteiger partial charge is 0.486 e. The minimum Gasteiger partial charge on any atom is -0.486 e. The molecule has 0 aliphatic carbocycles. The van der Waals surface area contributed by atoms with Gasteiger partial charge in [0.05, 0.1) is 0 Å². The molecule has 0 amide bonds. The zero-order chi connectivity index (χ0) is 16.2. The van der Waals surface area contributed by atoms with Gasteiger partial charge in [-0.3, -0.25) is 4.79 Å². The molecule has 120 valence electrons. The number of anilines is 1. The van der Waals surface area contributed by atoms with E-state index in [2.05, 4.69) is 0 Å². The van der Waals surface area contributed by atoms with Crippen molar-refractivity contribution in [1.29, 1.82) is 0 Å². The third-order valence-electron chi connectivity index (χ3n) is 3.65. The van der Waals surface area contributed by atoms with E-state index in [1.165, 1.54) is 0 Å². The van der Waals surface area contributed by atoms with E-state index in [0.29, 0.717) is 48.1 Å². The van der Waals surface area contributed by atoms with Crippen LogP contribution in [-0.4, -0.2) is 25.1 Å². The molecule has 2 aromatic carbocycles. The fourth-order valence-electron chi connectivity index (χ4n) is 2.42.